The van der Waals surface area contributed by atoms with Crippen molar-refractivity contribution in [3.63, 3.8) is 0 Å². The Morgan fingerprint density at radius 1 is 0.917 bits per heavy atom. The molecule has 7 heteroatoms. The van der Waals surface area contributed by atoms with Crippen LogP contribution in [0.3, 0.4) is 0 Å². The van der Waals surface area contributed by atoms with Crippen LogP contribution in [-0.2, 0) is 13.6 Å². The lowest BCUT2D eigenvalue weighted by atomic mass is 9.97. The standard InChI is InChI=1S/C29H33N5O2/c1-29(2,3)20-34-25-14-13-24(30-26(25)31(4)28(34)36)22-11-8-12-23(19-22)32-15-17-33(18-16-32)27(35)21-9-6-5-7-10-21/h5-14,19H,15-18,20H2,1-4H3. The van der Waals surface area contributed by atoms with Gasteiger partial charge in [0.25, 0.3) is 5.91 Å². The maximum absolute atomic E-state index is 12.9. The third-order valence-corrected chi connectivity index (χ3v) is 6.71. The molecular weight excluding hydrogens is 450 g/mol. The number of piperazine rings is 1. The smallest absolute Gasteiger partial charge is 0.330 e. The Balaban J connectivity index is 1.36. The van der Waals surface area contributed by atoms with Gasteiger partial charge in [0, 0.05) is 56.6 Å². The van der Waals surface area contributed by atoms with Crippen molar-refractivity contribution in [1.82, 2.24) is 19.0 Å². The van der Waals surface area contributed by atoms with E-state index in [0.29, 0.717) is 25.3 Å². The monoisotopic (exact) mass is 483 g/mol. The van der Waals surface area contributed by atoms with Crippen LogP contribution >= 0.6 is 0 Å². The summed E-state index contributed by atoms with van der Waals surface area (Å²) >= 11 is 0. The first-order valence-corrected chi connectivity index (χ1v) is 12.5. The van der Waals surface area contributed by atoms with Crippen molar-refractivity contribution in [3.05, 3.63) is 82.8 Å². The fraction of sp³-hybridized carbons (Fsp3) is 0.345. The number of benzene rings is 2. The number of nitrogens with zero attached hydrogens (tertiary/aromatic N) is 5. The molecule has 0 spiro atoms. The van der Waals surface area contributed by atoms with Gasteiger partial charge in [-0.2, -0.15) is 0 Å². The molecule has 186 valence electrons. The van der Waals surface area contributed by atoms with E-state index >= 15 is 0 Å². The zero-order valence-corrected chi connectivity index (χ0v) is 21.4. The van der Waals surface area contributed by atoms with Gasteiger partial charge in [-0.1, -0.05) is 51.1 Å². The summed E-state index contributed by atoms with van der Waals surface area (Å²) in [4.78, 5) is 34.8. The molecule has 1 aliphatic rings. The van der Waals surface area contributed by atoms with E-state index in [0.717, 1.165) is 41.1 Å². The molecule has 36 heavy (non-hydrogen) atoms. The summed E-state index contributed by atoms with van der Waals surface area (Å²) in [5, 5.41) is 0. The number of aryl methyl sites for hydroxylation is 1. The van der Waals surface area contributed by atoms with Crippen LogP contribution in [-0.4, -0.2) is 51.1 Å². The van der Waals surface area contributed by atoms with Gasteiger partial charge in [0.1, 0.15) is 0 Å². The first kappa shape index (κ1) is 23.9. The molecule has 0 saturated carbocycles. The topological polar surface area (TPSA) is 63.4 Å². The molecule has 0 aliphatic carbocycles. The third-order valence-electron chi connectivity index (χ3n) is 6.71. The summed E-state index contributed by atoms with van der Waals surface area (Å²) in [6.07, 6.45) is 0. The quantitative estimate of drug-likeness (QED) is 0.431. The summed E-state index contributed by atoms with van der Waals surface area (Å²) in [5.74, 6) is 0.0884. The van der Waals surface area contributed by atoms with Gasteiger partial charge in [-0.3, -0.25) is 13.9 Å². The molecule has 1 fully saturated rings. The van der Waals surface area contributed by atoms with E-state index in [-0.39, 0.29) is 17.0 Å². The Hall–Kier alpha value is -3.87. The van der Waals surface area contributed by atoms with Crippen LogP contribution in [0.2, 0.25) is 0 Å². The zero-order valence-electron chi connectivity index (χ0n) is 21.4. The average molecular weight is 484 g/mol. The van der Waals surface area contributed by atoms with E-state index in [4.69, 9.17) is 4.98 Å². The number of carbonyl (C=O) groups is 1. The number of amides is 1. The van der Waals surface area contributed by atoms with Crippen LogP contribution in [0.25, 0.3) is 22.4 Å². The molecule has 0 radical (unpaired) electrons. The summed E-state index contributed by atoms with van der Waals surface area (Å²) in [5.41, 5.74) is 5.19. The van der Waals surface area contributed by atoms with E-state index in [2.05, 4.69) is 43.9 Å². The fourth-order valence-electron chi connectivity index (χ4n) is 4.85. The Bertz CT molecular complexity index is 1450. The van der Waals surface area contributed by atoms with Crippen LogP contribution in [0.5, 0.6) is 0 Å². The number of hydrogen-bond donors (Lipinski definition) is 0. The molecule has 4 aromatic rings. The van der Waals surface area contributed by atoms with Crippen molar-refractivity contribution in [2.24, 2.45) is 12.5 Å². The summed E-state index contributed by atoms with van der Waals surface area (Å²) in [6.45, 7) is 9.95. The zero-order chi connectivity index (χ0) is 25.4. The lowest BCUT2D eigenvalue weighted by Gasteiger charge is -2.36. The molecule has 3 heterocycles. The van der Waals surface area contributed by atoms with Gasteiger partial charge >= 0.3 is 5.69 Å². The molecule has 2 aromatic heterocycles. The van der Waals surface area contributed by atoms with Gasteiger partial charge in [0.2, 0.25) is 0 Å². The Morgan fingerprint density at radius 3 is 2.33 bits per heavy atom. The summed E-state index contributed by atoms with van der Waals surface area (Å²) in [6, 6.07) is 21.8. The second-order valence-corrected chi connectivity index (χ2v) is 10.7. The number of aromatic nitrogens is 3. The third kappa shape index (κ3) is 4.65. The molecule has 7 nitrogen and oxygen atoms in total. The van der Waals surface area contributed by atoms with Crippen molar-refractivity contribution in [2.75, 3.05) is 31.1 Å². The van der Waals surface area contributed by atoms with Gasteiger partial charge in [-0.05, 0) is 41.8 Å². The molecule has 2 aromatic carbocycles. The molecule has 1 aliphatic heterocycles. The van der Waals surface area contributed by atoms with Crippen molar-refractivity contribution < 1.29 is 4.79 Å². The van der Waals surface area contributed by atoms with Crippen LogP contribution in [0.4, 0.5) is 5.69 Å². The maximum Gasteiger partial charge on any atom is 0.330 e. The Labute approximate surface area is 211 Å². The predicted octanol–water partition coefficient (Wildman–Crippen LogP) is 4.41. The van der Waals surface area contributed by atoms with Crippen LogP contribution in [0.15, 0.2) is 71.5 Å². The largest absolute Gasteiger partial charge is 0.368 e. The van der Waals surface area contributed by atoms with Crippen LogP contribution in [0, 0.1) is 5.41 Å². The van der Waals surface area contributed by atoms with Gasteiger partial charge in [0.05, 0.1) is 11.2 Å². The molecule has 0 N–H and O–H groups in total. The summed E-state index contributed by atoms with van der Waals surface area (Å²) in [7, 11) is 1.78. The fourth-order valence-corrected chi connectivity index (χ4v) is 4.85. The van der Waals surface area contributed by atoms with E-state index in [1.165, 1.54) is 0 Å². The average Bonchev–Trinajstić information content (AvgIpc) is 3.12. The second kappa shape index (κ2) is 9.30. The Kier molecular flexibility index (Phi) is 6.16. The molecule has 5 rings (SSSR count). The number of fused-ring (bicyclic) bond motifs is 1. The number of rotatable bonds is 4. The number of carbonyl (C=O) groups excluding carboxylic acids is 1. The molecule has 1 amide bonds. The highest BCUT2D eigenvalue weighted by Crippen LogP contribution is 2.27. The number of imidazole rings is 1. The second-order valence-electron chi connectivity index (χ2n) is 10.7. The Morgan fingerprint density at radius 2 is 1.64 bits per heavy atom. The van der Waals surface area contributed by atoms with Crippen molar-refractivity contribution >= 4 is 22.8 Å². The normalized spacial score (nSPS) is 14.4. The molecule has 1 saturated heterocycles. The van der Waals surface area contributed by atoms with Gasteiger partial charge in [-0.15, -0.1) is 0 Å². The molecule has 0 unspecified atom stereocenters. The summed E-state index contributed by atoms with van der Waals surface area (Å²) < 4.78 is 3.45. The lowest BCUT2D eigenvalue weighted by molar-refractivity contribution is 0.0747. The van der Waals surface area contributed by atoms with Gasteiger partial charge in [-0.25, -0.2) is 9.78 Å². The number of anilines is 1. The molecular formula is C29H33N5O2. The lowest BCUT2D eigenvalue weighted by Crippen LogP contribution is -2.48. The highest BCUT2D eigenvalue weighted by atomic mass is 16.2. The minimum atomic E-state index is -0.0405. The van der Waals surface area contributed by atoms with Gasteiger partial charge < -0.3 is 9.80 Å². The van der Waals surface area contributed by atoms with E-state index in [9.17, 15) is 9.59 Å². The van der Waals surface area contributed by atoms with Crippen LogP contribution in [0.1, 0.15) is 31.1 Å². The number of pyridine rings is 1. The first-order valence-electron chi connectivity index (χ1n) is 12.5. The molecule has 0 atom stereocenters. The van der Waals surface area contributed by atoms with Crippen molar-refractivity contribution in [1.29, 1.82) is 0 Å². The predicted molar refractivity (Wildman–Crippen MR) is 144 cm³/mol. The van der Waals surface area contributed by atoms with Gasteiger partial charge in [0.15, 0.2) is 5.65 Å². The van der Waals surface area contributed by atoms with E-state index in [1.807, 2.05) is 58.0 Å². The van der Waals surface area contributed by atoms with E-state index in [1.54, 1.807) is 11.6 Å². The highest BCUT2D eigenvalue weighted by molar-refractivity contribution is 5.94. The molecule has 0 bridgehead atoms. The minimum absolute atomic E-state index is 0.0131. The van der Waals surface area contributed by atoms with Crippen molar-refractivity contribution in [3.8, 4) is 11.3 Å². The number of hydrogen-bond acceptors (Lipinski definition) is 4. The SMILES string of the molecule is Cn1c(=O)n(CC(C)(C)C)c2ccc(-c3cccc(N4CCN(C(=O)c5ccccc5)CC4)c3)nc21. The van der Waals surface area contributed by atoms with Crippen molar-refractivity contribution in [2.45, 2.75) is 27.3 Å². The van der Waals surface area contributed by atoms with Crippen LogP contribution < -0.4 is 10.6 Å². The first-order chi connectivity index (χ1) is 17.2. The maximum atomic E-state index is 12.9. The van der Waals surface area contributed by atoms with E-state index < -0.39 is 0 Å². The minimum Gasteiger partial charge on any atom is -0.368 e. The highest BCUT2D eigenvalue weighted by Gasteiger charge is 2.23.